The monoisotopic (exact) mass is 353 g/mol. The van der Waals surface area contributed by atoms with Crippen molar-refractivity contribution in [3.8, 4) is 0 Å². The topological polar surface area (TPSA) is 75.4 Å². The van der Waals surface area contributed by atoms with E-state index < -0.39 is 11.7 Å². The fourth-order valence-electron chi connectivity index (χ4n) is 3.13. The number of halogens is 1. The second kappa shape index (κ2) is 6.25. The summed E-state index contributed by atoms with van der Waals surface area (Å²) in [4.78, 5) is 30.6. The van der Waals surface area contributed by atoms with Gasteiger partial charge in [-0.1, -0.05) is 12.1 Å². The molecule has 1 fully saturated rings. The molecule has 4 rings (SSSR count). The zero-order chi connectivity index (χ0) is 18.3. The molecule has 132 valence electrons. The summed E-state index contributed by atoms with van der Waals surface area (Å²) >= 11 is 0. The molecule has 1 atom stereocenters. The van der Waals surface area contributed by atoms with Crippen molar-refractivity contribution in [3.05, 3.63) is 54.2 Å². The van der Waals surface area contributed by atoms with Gasteiger partial charge in [-0.25, -0.2) is 9.37 Å². The zero-order valence-electron chi connectivity index (χ0n) is 14.0. The quantitative estimate of drug-likeness (QED) is 0.784. The highest BCUT2D eigenvalue weighted by molar-refractivity contribution is 6.04. The van der Waals surface area contributed by atoms with Crippen molar-refractivity contribution in [2.24, 2.45) is 5.92 Å². The van der Waals surface area contributed by atoms with Gasteiger partial charge in [0.15, 0.2) is 11.5 Å². The number of hydrogen-bond acceptors (Lipinski definition) is 4. The van der Waals surface area contributed by atoms with Crippen LogP contribution in [0.4, 0.5) is 15.8 Å². The van der Waals surface area contributed by atoms with E-state index in [2.05, 4.69) is 10.3 Å². The summed E-state index contributed by atoms with van der Waals surface area (Å²) in [5, 5.41) is 2.56. The Hall–Kier alpha value is -3.22. The van der Waals surface area contributed by atoms with E-state index in [0.717, 1.165) is 0 Å². The van der Waals surface area contributed by atoms with Crippen LogP contribution in [0.1, 0.15) is 12.3 Å². The minimum absolute atomic E-state index is 0.0795. The maximum Gasteiger partial charge on any atom is 0.229 e. The molecule has 1 unspecified atom stereocenters. The summed E-state index contributed by atoms with van der Waals surface area (Å²) in [6.07, 6.45) is 0.0795. The van der Waals surface area contributed by atoms with Crippen LogP contribution in [-0.4, -0.2) is 23.3 Å². The number of benzene rings is 2. The van der Waals surface area contributed by atoms with Crippen LogP contribution >= 0.6 is 0 Å². The predicted octanol–water partition coefficient (Wildman–Crippen LogP) is 3.27. The fourth-order valence-corrected chi connectivity index (χ4v) is 3.13. The first-order valence-electron chi connectivity index (χ1n) is 8.24. The SMILES string of the molecule is Cc1nc2cc(N3CC(C(=O)Nc4ccccc4F)CC3=O)ccc2o1. The van der Waals surface area contributed by atoms with E-state index in [4.69, 9.17) is 4.42 Å². The predicted molar refractivity (Wildman–Crippen MR) is 94.2 cm³/mol. The van der Waals surface area contributed by atoms with Crippen LogP contribution in [0.5, 0.6) is 0 Å². The maximum absolute atomic E-state index is 13.7. The van der Waals surface area contributed by atoms with E-state index in [-0.39, 0.29) is 30.5 Å². The van der Waals surface area contributed by atoms with Gasteiger partial charge >= 0.3 is 0 Å². The van der Waals surface area contributed by atoms with E-state index >= 15 is 0 Å². The van der Waals surface area contributed by atoms with Crippen molar-refractivity contribution in [2.75, 3.05) is 16.8 Å². The Morgan fingerprint density at radius 1 is 1.31 bits per heavy atom. The van der Waals surface area contributed by atoms with E-state index in [9.17, 15) is 14.0 Å². The molecule has 3 aromatic rings. The normalized spacial score (nSPS) is 17.1. The Kier molecular flexibility index (Phi) is 3.91. The second-order valence-electron chi connectivity index (χ2n) is 6.26. The number of nitrogens with one attached hydrogen (secondary N) is 1. The highest BCUT2D eigenvalue weighted by atomic mass is 19.1. The number of carbonyl (C=O) groups excluding carboxylic acids is 2. The molecule has 1 aliphatic heterocycles. The second-order valence-corrected chi connectivity index (χ2v) is 6.26. The molecule has 1 saturated heterocycles. The van der Waals surface area contributed by atoms with Crippen LogP contribution in [0.2, 0.25) is 0 Å². The number of oxazole rings is 1. The van der Waals surface area contributed by atoms with Gasteiger partial charge in [0.05, 0.1) is 11.6 Å². The number of fused-ring (bicyclic) bond motifs is 1. The van der Waals surface area contributed by atoms with Crippen LogP contribution in [0.15, 0.2) is 46.9 Å². The number of para-hydroxylation sites is 1. The molecule has 0 spiro atoms. The van der Waals surface area contributed by atoms with Crippen molar-refractivity contribution in [1.29, 1.82) is 0 Å². The van der Waals surface area contributed by atoms with Gasteiger partial charge in [-0.3, -0.25) is 9.59 Å². The Morgan fingerprint density at radius 2 is 2.12 bits per heavy atom. The zero-order valence-corrected chi connectivity index (χ0v) is 14.0. The van der Waals surface area contributed by atoms with Crippen LogP contribution in [-0.2, 0) is 9.59 Å². The third kappa shape index (κ3) is 2.92. The number of anilines is 2. The molecule has 7 heteroatoms. The number of amides is 2. The molecule has 0 radical (unpaired) electrons. The number of nitrogens with zero attached hydrogens (tertiary/aromatic N) is 2. The molecular formula is C19H16FN3O3. The summed E-state index contributed by atoms with van der Waals surface area (Å²) in [6.45, 7) is 1.99. The average Bonchev–Trinajstić information content (AvgIpc) is 3.18. The first-order valence-corrected chi connectivity index (χ1v) is 8.24. The minimum Gasteiger partial charge on any atom is -0.441 e. The lowest BCUT2D eigenvalue weighted by Gasteiger charge is -2.16. The van der Waals surface area contributed by atoms with Crippen LogP contribution in [0.25, 0.3) is 11.1 Å². The number of aromatic nitrogens is 1. The first kappa shape index (κ1) is 16.3. The molecule has 1 N–H and O–H groups in total. The summed E-state index contributed by atoms with van der Waals surface area (Å²) in [6, 6.07) is 11.2. The Morgan fingerprint density at radius 3 is 2.92 bits per heavy atom. The van der Waals surface area contributed by atoms with Gasteiger partial charge in [-0.2, -0.15) is 0 Å². The van der Waals surface area contributed by atoms with E-state index in [0.29, 0.717) is 22.7 Å². The minimum atomic E-state index is -0.545. The molecule has 1 aromatic heterocycles. The van der Waals surface area contributed by atoms with Crippen LogP contribution < -0.4 is 10.2 Å². The third-order valence-corrected chi connectivity index (χ3v) is 4.42. The molecule has 1 aliphatic rings. The number of carbonyl (C=O) groups is 2. The van der Waals surface area contributed by atoms with Crippen molar-refractivity contribution in [2.45, 2.75) is 13.3 Å². The molecule has 0 saturated carbocycles. The number of rotatable bonds is 3. The fraction of sp³-hybridized carbons (Fsp3) is 0.211. The van der Waals surface area contributed by atoms with Crippen LogP contribution in [0, 0.1) is 18.7 Å². The molecule has 2 amide bonds. The third-order valence-electron chi connectivity index (χ3n) is 4.42. The average molecular weight is 353 g/mol. The standard InChI is InChI=1S/C19H16FN3O3/c1-11-21-16-9-13(6-7-17(16)26-11)23-10-12(8-18(23)24)19(25)22-15-5-3-2-4-14(15)20/h2-7,9,12H,8,10H2,1H3,(H,22,25). The van der Waals surface area contributed by atoms with Crippen molar-refractivity contribution >= 4 is 34.3 Å². The van der Waals surface area contributed by atoms with Crippen molar-refractivity contribution < 1.29 is 18.4 Å². The summed E-state index contributed by atoms with van der Waals surface area (Å²) in [5.41, 5.74) is 2.08. The summed E-state index contributed by atoms with van der Waals surface area (Å²) < 4.78 is 19.1. The van der Waals surface area contributed by atoms with E-state index in [1.807, 2.05) is 0 Å². The van der Waals surface area contributed by atoms with E-state index in [1.165, 1.54) is 12.1 Å². The highest BCUT2D eigenvalue weighted by Gasteiger charge is 2.35. The lowest BCUT2D eigenvalue weighted by molar-refractivity contribution is -0.122. The lowest BCUT2D eigenvalue weighted by atomic mass is 10.1. The highest BCUT2D eigenvalue weighted by Crippen LogP contribution is 2.29. The van der Waals surface area contributed by atoms with Crippen molar-refractivity contribution in [1.82, 2.24) is 4.98 Å². The lowest BCUT2D eigenvalue weighted by Crippen LogP contribution is -2.28. The molecule has 2 heterocycles. The van der Waals surface area contributed by atoms with Gasteiger partial charge in [0.1, 0.15) is 11.3 Å². The van der Waals surface area contributed by atoms with Gasteiger partial charge in [0.2, 0.25) is 11.8 Å². The first-order chi connectivity index (χ1) is 12.5. The molecule has 26 heavy (non-hydrogen) atoms. The summed E-state index contributed by atoms with van der Waals surface area (Å²) in [7, 11) is 0. The summed E-state index contributed by atoms with van der Waals surface area (Å²) in [5.74, 6) is -1.03. The largest absolute Gasteiger partial charge is 0.441 e. The maximum atomic E-state index is 13.7. The molecular weight excluding hydrogens is 337 g/mol. The van der Waals surface area contributed by atoms with Gasteiger partial charge in [-0.05, 0) is 30.3 Å². The molecule has 2 aromatic carbocycles. The molecule has 0 aliphatic carbocycles. The van der Waals surface area contributed by atoms with E-state index in [1.54, 1.807) is 42.2 Å². The Balaban J connectivity index is 1.52. The van der Waals surface area contributed by atoms with Crippen LogP contribution in [0.3, 0.4) is 0 Å². The smallest absolute Gasteiger partial charge is 0.229 e. The molecule has 0 bridgehead atoms. The number of aryl methyl sites for hydroxylation is 1. The van der Waals surface area contributed by atoms with Gasteiger partial charge < -0.3 is 14.6 Å². The van der Waals surface area contributed by atoms with Gasteiger partial charge in [-0.15, -0.1) is 0 Å². The molecule has 6 nitrogen and oxygen atoms in total. The Labute approximate surface area is 148 Å². The van der Waals surface area contributed by atoms with Gasteiger partial charge in [0.25, 0.3) is 0 Å². The Bertz CT molecular complexity index is 1010. The van der Waals surface area contributed by atoms with Gasteiger partial charge in [0, 0.05) is 25.6 Å². The number of hydrogen-bond donors (Lipinski definition) is 1. The van der Waals surface area contributed by atoms with Crippen molar-refractivity contribution in [3.63, 3.8) is 0 Å².